The summed E-state index contributed by atoms with van der Waals surface area (Å²) in [5, 5.41) is 0. The van der Waals surface area contributed by atoms with Gasteiger partial charge in [0.05, 0.1) is 31.3 Å². The van der Waals surface area contributed by atoms with Crippen molar-refractivity contribution in [2.24, 2.45) is 0 Å². The lowest BCUT2D eigenvalue weighted by molar-refractivity contribution is -0.315. The van der Waals surface area contributed by atoms with Gasteiger partial charge in [-0.1, -0.05) is 67.2 Å². The quantitative estimate of drug-likeness (QED) is 0.0786. The summed E-state index contributed by atoms with van der Waals surface area (Å²) in [6.45, 7) is 6.52. The van der Waals surface area contributed by atoms with Crippen LogP contribution in [0.2, 0.25) is 0 Å². The number of rotatable bonds is 11. The molecule has 0 bridgehead atoms. The van der Waals surface area contributed by atoms with E-state index in [2.05, 4.69) is 62.0 Å². The summed E-state index contributed by atoms with van der Waals surface area (Å²) in [5.74, 6) is 0.641. The monoisotopic (exact) mass is 582 g/mol. The van der Waals surface area contributed by atoms with E-state index in [0.717, 1.165) is 37.0 Å². The van der Waals surface area contributed by atoms with Crippen LogP contribution in [0.4, 0.5) is 0 Å². The molecule has 0 saturated heterocycles. The number of hydrogen-bond donors (Lipinski definition) is 0. The van der Waals surface area contributed by atoms with Crippen LogP contribution in [0.1, 0.15) is 78.3 Å². The first-order chi connectivity index (χ1) is 21.1. The number of aryl methyl sites for hydroxylation is 2. The van der Waals surface area contributed by atoms with E-state index in [-0.39, 0.29) is 18.6 Å². The first-order valence-corrected chi connectivity index (χ1v) is 15.7. The standard InChI is InChI=1S/C37H42O6/c1-3-33(38)39-23-11-12-24-40-41-25-37(2,28-15-5-4-6-16-28)36-42-31-21-19-26-13-7-9-17-29(26)34(31)35-30-18-10-8-14-27(30)20-22-32(35)43-36/h3-7,9,13,15-17,20,22,31,34,36H,1,8,10-12,14,18-19,21,23-25H2,2H3/t31?,34-,36?,37-/m0/s1. The van der Waals surface area contributed by atoms with Crippen molar-refractivity contribution < 1.29 is 28.8 Å². The number of benzene rings is 3. The van der Waals surface area contributed by atoms with Gasteiger partial charge in [-0.15, -0.1) is 0 Å². The molecule has 6 nitrogen and oxygen atoms in total. The first-order valence-electron chi connectivity index (χ1n) is 15.7. The normalized spacial score (nSPS) is 21.9. The van der Waals surface area contributed by atoms with Gasteiger partial charge in [-0.2, -0.15) is 0 Å². The van der Waals surface area contributed by atoms with Gasteiger partial charge in [0.2, 0.25) is 6.29 Å². The van der Waals surface area contributed by atoms with E-state index in [1.54, 1.807) is 0 Å². The van der Waals surface area contributed by atoms with Crippen LogP contribution in [0.25, 0.3) is 0 Å². The zero-order chi connectivity index (χ0) is 29.6. The Morgan fingerprint density at radius 1 is 0.930 bits per heavy atom. The van der Waals surface area contributed by atoms with E-state index in [1.807, 2.05) is 18.2 Å². The molecule has 2 aliphatic carbocycles. The lowest BCUT2D eigenvalue weighted by Crippen LogP contribution is -2.48. The Morgan fingerprint density at radius 2 is 1.72 bits per heavy atom. The summed E-state index contributed by atoms with van der Waals surface area (Å²) >= 11 is 0. The average molecular weight is 583 g/mol. The Hall–Kier alpha value is -3.45. The summed E-state index contributed by atoms with van der Waals surface area (Å²) < 4.78 is 19.1. The maximum Gasteiger partial charge on any atom is 0.330 e. The third-order valence-corrected chi connectivity index (χ3v) is 9.27. The average Bonchev–Trinajstić information content (AvgIpc) is 3.24. The maximum absolute atomic E-state index is 11.2. The molecule has 3 aliphatic rings. The van der Waals surface area contributed by atoms with Crippen LogP contribution in [0.15, 0.2) is 79.4 Å². The van der Waals surface area contributed by atoms with Crippen molar-refractivity contribution >= 4 is 5.97 Å². The fraction of sp³-hybridized carbons (Fsp3) is 0.432. The zero-order valence-corrected chi connectivity index (χ0v) is 25.1. The van der Waals surface area contributed by atoms with Crippen LogP contribution < -0.4 is 4.74 Å². The number of ether oxygens (including phenoxy) is 3. The van der Waals surface area contributed by atoms with E-state index in [4.69, 9.17) is 24.0 Å². The van der Waals surface area contributed by atoms with Gasteiger partial charge in [-0.25, -0.2) is 14.6 Å². The Morgan fingerprint density at radius 3 is 2.58 bits per heavy atom. The number of unbranched alkanes of at least 4 members (excludes halogenated alkanes) is 1. The van der Waals surface area contributed by atoms with Gasteiger partial charge in [0.25, 0.3) is 0 Å². The van der Waals surface area contributed by atoms with Gasteiger partial charge < -0.3 is 14.2 Å². The molecule has 2 unspecified atom stereocenters. The molecular formula is C37H42O6. The Balaban J connectivity index is 1.28. The van der Waals surface area contributed by atoms with Gasteiger partial charge >= 0.3 is 5.97 Å². The minimum atomic E-state index is -0.653. The van der Waals surface area contributed by atoms with Gasteiger partial charge in [-0.3, -0.25) is 0 Å². The molecule has 0 amide bonds. The first kappa shape index (κ1) is 29.6. The highest BCUT2D eigenvalue weighted by Crippen LogP contribution is 2.50. The SMILES string of the molecule is C=CC(=O)OCCCCOOC[C@@](C)(c1ccccc1)C1Oc2ccc3c(c2[C@H]2c4ccccc4CCC2O1)CCCC3. The molecule has 0 radical (unpaired) electrons. The Kier molecular flexibility index (Phi) is 9.27. The maximum atomic E-state index is 11.2. The Labute approximate surface area is 254 Å². The van der Waals surface area contributed by atoms with Crippen molar-refractivity contribution in [3.05, 3.63) is 113 Å². The predicted octanol–water partition coefficient (Wildman–Crippen LogP) is 7.16. The van der Waals surface area contributed by atoms with Gasteiger partial charge in [0, 0.05) is 17.6 Å². The molecule has 1 heterocycles. The van der Waals surface area contributed by atoms with Gasteiger partial charge in [0.15, 0.2) is 0 Å². The molecule has 3 aromatic carbocycles. The molecule has 3 aromatic rings. The highest BCUT2D eigenvalue weighted by atomic mass is 17.2. The number of carbonyl (C=O) groups is 1. The molecule has 6 heteroatoms. The second kappa shape index (κ2) is 13.5. The topological polar surface area (TPSA) is 63.2 Å². The van der Waals surface area contributed by atoms with Crippen molar-refractivity contribution in [2.75, 3.05) is 19.8 Å². The van der Waals surface area contributed by atoms with Crippen molar-refractivity contribution in [2.45, 2.75) is 82.0 Å². The van der Waals surface area contributed by atoms with Crippen molar-refractivity contribution in [3.63, 3.8) is 0 Å². The molecule has 0 aromatic heterocycles. The minimum Gasteiger partial charge on any atom is -0.464 e. The van der Waals surface area contributed by atoms with E-state index >= 15 is 0 Å². The van der Waals surface area contributed by atoms with Crippen LogP contribution >= 0.6 is 0 Å². The summed E-state index contributed by atoms with van der Waals surface area (Å²) in [7, 11) is 0. The molecule has 226 valence electrons. The molecule has 0 fully saturated rings. The molecule has 4 atom stereocenters. The second-order valence-electron chi connectivity index (χ2n) is 12.1. The largest absolute Gasteiger partial charge is 0.464 e. The molecule has 0 N–H and O–H groups in total. The molecule has 43 heavy (non-hydrogen) atoms. The van der Waals surface area contributed by atoms with Crippen molar-refractivity contribution in [1.29, 1.82) is 0 Å². The lowest BCUT2D eigenvalue weighted by atomic mass is 9.73. The summed E-state index contributed by atoms with van der Waals surface area (Å²) in [4.78, 5) is 22.8. The van der Waals surface area contributed by atoms with Crippen LogP contribution in [-0.2, 0) is 48.7 Å². The predicted molar refractivity (Wildman–Crippen MR) is 165 cm³/mol. The number of hydrogen-bond acceptors (Lipinski definition) is 6. The van der Waals surface area contributed by atoms with Crippen molar-refractivity contribution in [3.8, 4) is 5.75 Å². The highest BCUT2D eigenvalue weighted by molar-refractivity contribution is 5.81. The van der Waals surface area contributed by atoms with E-state index in [1.165, 1.54) is 46.7 Å². The number of esters is 1. The van der Waals surface area contributed by atoms with Crippen LogP contribution in [-0.4, -0.2) is 38.2 Å². The van der Waals surface area contributed by atoms with Crippen LogP contribution in [0, 0.1) is 0 Å². The van der Waals surface area contributed by atoms with E-state index in [9.17, 15) is 4.79 Å². The third kappa shape index (κ3) is 6.28. The second-order valence-corrected chi connectivity index (χ2v) is 12.1. The molecule has 6 rings (SSSR count). The molecule has 1 aliphatic heterocycles. The molecule has 0 saturated carbocycles. The van der Waals surface area contributed by atoms with Gasteiger partial charge in [-0.05, 0) is 92.2 Å². The van der Waals surface area contributed by atoms with E-state index < -0.39 is 17.7 Å². The summed E-state index contributed by atoms with van der Waals surface area (Å²) in [5.41, 5.74) is 7.42. The smallest absolute Gasteiger partial charge is 0.330 e. The minimum absolute atomic E-state index is 0.0168. The fourth-order valence-corrected chi connectivity index (χ4v) is 6.90. The van der Waals surface area contributed by atoms with Crippen LogP contribution in [0.5, 0.6) is 5.75 Å². The lowest BCUT2D eigenvalue weighted by Gasteiger charge is -2.39. The third-order valence-electron chi connectivity index (χ3n) is 9.27. The molecular weight excluding hydrogens is 540 g/mol. The summed E-state index contributed by atoms with van der Waals surface area (Å²) in [6.07, 6.45) is 8.51. The fourth-order valence-electron chi connectivity index (χ4n) is 6.90. The van der Waals surface area contributed by atoms with Crippen molar-refractivity contribution in [1.82, 2.24) is 0 Å². The number of fused-ring (bicyclic) bond motifs is 7. The molecule has 0 spiro atoms. The Bertz CT molecular complexity index is 1420. The van der Waals surface area contributed by atoms with E-state index in [0.29, 0.717) is 26.1 Å². The van der Waals surface area contributed by atoms with Crippen LogP contribution in [0.3, 0.4) is 0 Å². The zero-order valence-electron chi connectivity index (χ0n) is 25.1. The number of carbonyl (C=O) groups excluding carboxylic acids is 1. The van der Waals surface area contributed by atoms with Gasteiger partial charge in [0.1, 0.15) is 5.75 Å². The summed E-state index contributed by atoms with van der Waals surface area (Å²) in [6, 6.07) is 23.6. The highest BCUT2D eigenvalue weighted by Gasteiger charge is 2.47.